The fourth-order valence-electron chi connectivity index (χ4n) is 2.77. The van der Waals surface area contributed by atoms with Crippen molar-refractivity contribution in [3.8, 4) is 0 Å². The van der Waals surface area contributed by atoms with Crippen molar-refractivity contribution in [2.24, 2.45) is 5.92 Å². The van der Waals surface area contributed by atoms with Gasteiger partial charge in [0, 0.05) is 23.1 Å². The molecule has 1 aromatic carbocycles. The largest absolute Gasteiger partial charge is 0.298 e. The molecule has 0 spiro atoms. The van der Waals surface area contributed by atoms with Gasteiger partial charge in [0.1, 0.15) is 0 Å². The number of nitrogens with one attached hydrogen (secondary N) is 1. The van der Waals surface area contributed by atoms with Gasteiger partial charge in [0.2, 0.25) is 10.0 Å². The molecule has 1 aliphatic heterocycles. The Kier molecular flexibility index (Phi) is 5.69. The van der Waals surface area contributed by atoms with Crippen molar-refractivity contribution in [2.45, 2.75) is 44.0 Å². The number of likely N-dealkylation sites (tertiary alicyclic amines) is 1. The predicted molar refractivity (Wildman–Crippen MR) is 93.4 cm³/mol. The number of sulfonamides is 1. The number of nitrogens with zero attached hydrogens (tertiary/aromatic N) is 1. The Morgan fingerprint density at radius 3 is 2.50 bits per heavy atom. The number of hydrogen-bond donors (Lipinski definition) is 1. The highest BCUT2D eigenvalue weighted by atomic mass is 79.9. The van der Waals surface area contributed by atoms with Crippen molar-refractivity contribution in [3.05, 3.63) is 28.7 Å². The first-order chi connectivity index (χ1) is 10.2. The van der Waals surface area contributed by atoms with Crippen LogP contribution in [0.3, 0.4) is 0 Å². The first-order valence-electron chi connectivity index (χ1n) is 7.69. The molecular weight excluding hydrogens is 364 g/mol. The zero-order chi connectivity index (χ0) is 16.4. The molecule has 0 amide bonds. The Morgan fingerprint density at radius 1 is 1.27 bits per heavy atom. The SMILES string of the molecule is CC(C)(C)N1CCCC(CNS(=O)(=O)c2ccc(Br)cc2)C1. The zero-order valence-corrected chi connectivity index (χ0v) is 15.9. The van der Waals surface area contributed by atoms with E-state index in [9.17, 15) is 8.42 Å². The Hall–Kier alpha value is -0.430. The van der Waals surface area contributed by atoms with E-state index in [4.69, 9.17) is 0 Å². The van der Waals surface area contributed by atoms with Crippen LogP contribution in [0.25, 0.3) is 0 Å². The van der Waals surface area contributed by atoms with E-state index in [1.807, 2.05) is 0 Å². The van der Waals surface area contributed by atoms with Gasteiger partial charge < -0.3 is 0 Å². The molecule has 0 bridgehead atoms. The Morgan fingerprint density at radius 2 is 1.91 bits per heavy atom. The second-order valence-electron chi connectivity index (χ2n) is 6.93. The van der Waals surface area contributed by atoms with Gasteiger partial charge in [-0.05, 0) is 70.3 Å². The van der Waals surface area contributed by atoms with Gasteiger partial charge in [-0.1, -0.05) is 15.9 Å². The molecular formula is C16H25BrN2O2S. The molecule has 124 valence electrons. The quantitative estimate of drug-likeness (QED) is 0.860. The van der Waals surface area contributed by atoms with Gasteiger partial charge in [0.25, 0.3) is 0 Å². The summed E-state index contributed by atoms with van der Waals surface area (Å²) in [6, 6.07) is 6.73. The van der Waals surface area contributed by atoms with Gasteiger partial charge in [0.15, 0.2) is 0 Å². The molecule has 1 aliphatic rings. The summed E-state index contributed by atoms with van der Waals surface area (Å²) in [5, 5.41) is 0. The lowest BCUT2D eigenvalue weighted by Crippen LogP contribution is -2.49. The molecule has 0 saturated carbocycles. The highest BCUT2D eigenvalue weighted by Gasteiger charge is 2.28. The highest BCUT2D eigenvalue weighted by Crippen LogP contribution is 2.23. The van der Waals surface area contributed by atoms with Gasteiger partial charge in [-0.2, -0.15) is 0 Å². The Bertz CT molecular complexity index is 594. The number of halogens is 1. The van der Waals surface area contributed by atoms with E-state index in [1.54, 1.807) is 24.3 Å². The van der Waals surface area contributed by atoms with Crippen molar-refractivity contribution < 1.29 is 8.42 Å². The molecule has 22 heavy (non-hydrogen) atoms. The van der Waals surface area contributed by atoms with E-state index >= 15 is 0 Å². The molecule has 1 heterocycles. The molecule has 4 nitrogen and oxygen atoms in total. The van der Waals surface area contributed by atoms with Crippen molar-refractivity contribution in [3.63, 3.8) is 0 Å². The van der Waals surface area contributed by atoms with Crippen LogP contribution in [0, 0.1) is 5.92 Å². The molecule has 1 saturated heterocycles. The minimum atomic E-state index is -3.42. The van der Waals surface area contributed by atoms with Crippen LogP contribution in [0.5, 0.6) is 0 Å². The first-order valence-corrected chi connectivity index (χ1v) is 9.96. The second-order valence-corrected chi connectivity index (χ2v) is 9.61. The minimum absolute atomic E-state index is 0.142. The van der Waals surface area contributed by atoms with E-state index in [0.717, 1.165) is 30.4 Å². The Balaban J connectivity index is 1.96. The molecule has 1 N–H and O–H groups in total. The van der Waals surface area contributed by atoms with Crippen LogP contribution in [0.1, 0.15) is 33.6 Å². The van der Waals surface area contributed by atoms with Crippen LogP contribution in [0.15, 0.2) is 33.6 Å². The molecule has 1 aromatic rings. The molecule has 6 heteroatoms. The van der Waals surface area contributed by atoms with Crippen LogP contribution >= 0.6 is 15.9 Å². The molecule has 1 fully saturated rings. The average molecular weight is 389 g/mol. The summed E-state index contributed by atoms with van der Waals surface area (Å²) < 4.78 is 28.3. The summed E-state index contributed by atoms with van der Waals surface area (Å²) in [5.74, 6) is 0.373. The van der Waals surface area contributed by atoms with Gasteiger partial charge in [-0.3, -0.25) is 4.90 Å². The highest BCUT2D eigenvalue weighted by molar-refractivity contribution is 9.10. The summed E-state index contributed by atoms with van der Waals surface area (Å²) >= 11 is 3.32. The van der Waals surface area contributed by atoms with Gasteiger partial charge >= 0.3 is 0 Å². The summed E-state index contributed by atoms with van der Waals surface area (Å²) in [7, 11) is -3.42. The number of hydrogen-bond acceptors (Lipinski definition) is 3. The van der Waals surface area contributed by atoms with E-state index in [1.165, 1.54) is 0 Å². The van der Waals surface area contributed by atoms with Crippen LogP contribution in [0.2, 0.25) is 0 Å². The van der Waals surface area contributed by atoms with Crippen LogP contribution < -0.4 is 4.72 Å². The van der Waals surface area contributed by atoms with Crippen molar-refractivity contribution in [1.82, 2.24) is 9.62 Å². The van der Waals surface area contributed by atoms with E-state index in [0.29, 0.717) is 17.4 Å². The lowest BCUT2D eigenvalue weighted by Gasteiger charge is -2.41. The predicted octanol–water partition coefficient (Wildman–Crippen LogP) is 3.24. The number of benzene rings is 1. The number of rotatable bonds is 4. The molecule has 2 rings (SSSR count). The van der Waals surface area contributed by atoms with Crippen LogP contribution in [-0.4, -0.2) is 38.5 Å². The van der Waals surface area contributed by atoms with Gasteiger partial charge in [-0.15, -0.1) is 0 Å². The standard InChI is InChI=1S/C16H25BrN2O2S/c1-16(2,3)19-10-4-5-13(12-19)11-18-22(20,21)15-8-6-14(17)7-9-15/h6-9,13,18H,4-5,10-12H2,1-3H3. The van der Waals surface area contributed by atoms with E-state index in [2.05, 4.69) is 46.3 Å². The fourth-order valence-corrected chi connectivity index (χ4v) is 4.15. The molecule has 1 unspecified atom stereocenters. The molecule has 0 aliphatic carbocycles. The van der Waals surface area contributed by atoms with Crippen LogP contribution in [-0.2, 0) is 10.0 Å². The maximum Gasteiger partial charge on any atom is 0.240 e. The summed E-state index contributed by atoms with van der Waals surface area (Å²) in [5.41, 5.74) is 0.142. The topological polar surface area (TPSA) is 49.4 Å². The lowest BCUT2D eigenvalue weighted by atomic mass is 9.94. The average Bonchev–Trinajstić information content (AvgIpc) is 2.45. The molecule has 0 aromatic heterocycles. The summed E-state index contributed by atoms with van der Waals surface area (Å²) in [6.45, 7) is 9.18. The maximum absolute atomic E-state index is 12.3. The van der Waals surface area contributed by atoms with E-state index in [-0.39, 0.29) is 5.54 Å². The summed E-state index contributed by atoms with van der Waals surface area (Å²) in [6.07, 6.45) is 2.21. The van der Waals surface area contributed by atoms with Crippen molar-refractivity contribution >= 4 is 26.0 Å². The molecule has 0 radical (unpaired) electrons. The smallest absolute Gasteiger partial charge is 0.240 e. The van der Waals surface area contributed by atoms with Crippen LogP contribution in [0.4, 0.5) is 0 Å². The Labute approximate surface area is 142 Å². The molecule has 1 atom stereocenters. The van der Waals surface area contributed by atoms with Crippen molar-refractivity contribution in [2.75, 3.05) is 19.6 Å². The normalized spacial score (nSPS) is 21.0. The number of piperidine rings is 1. The van der Waals surface area contributed by atoms with E-state index < -0.39 is 10.0 Å². The minimum Gasteiger partial charge on any atom is -0.298 e. The second kappa shape index (κ2) is 6.99. The fraction of sp³-hybridized carbons (Fsp3) is 0.625. The zero-order valence-electron chi connectivity index (χ0n) is 13.5. The third-order valence-electron chi connectivity index (χ3n) is 4.15. The maximum atomic E-state index is 12.3. The lowest BCUT2D eigenvalue weighted by molar-refractivity contribution is 0.0804. The third kappa shape index (κ3) is 4.78. The first kappa shape index (κ1) is 17.9. The summed E-state index contributed by atoms with van der Waals surface area (Å²) in [4.78, 5) is 2.76. The van der Waals surface area contributed by atoms with Gasteiger partial charge in [0.05, 0.1) is 4.90 Å². The third-order valence-corrected chi connectivity index (χ3v) is 6.12. The van der Waals surface area contributed by atoms with Crippen molar-refractivity contribution in [1.29, 1.82) is 0 Å². The monoisotopic (exact) mass is 388 g/mol. The van der Waals surface area contributed by atoms with Gasteiger partial charge in [-0.25, -0.2) is 13.1 Å².